The van der Waals surface area contributed by atoms with Crippen LogP contribution in [-0.2, 0) is 48.0 Å². The van der Waals surface area contributed by atoms with Crippen LogP contribution in [0.5, 0.6) is 0 Å². The second-order valence-electron chi connectivity index (χ2n) is 19.9. The fourth-order valence-corrected chi connectivity index (χ4v) is 11.4. The Morgan fingerprint density at radius 3 is 2.64 bits per heavy atom. The molecule has 17 heteroatoms. The molecule has 3 fully saturated rings. The number of aromatic nitrogens is 3. The number of pyridine rings is 1. The molecule has 6 bridgehead atoms. The summed E-state index contributed by atoms with van der Waals surface area (Å²) in [4.78, 5) is 82.2. The molecular formula is C49H65N9O7S. The van der Waals surface area contributed by atoms with Crippen LogP contribution in [0.15, 0.2) is 41.9 Å². The minimum Gasteiger partial charge on any atom is -0.378 e. The van der Waals surface area contributed by atoms with Gasteiger partial charge in [-0.2, -0.15) is 0 Å². The van der Waals surface area contributed by atoms with Crippen LogP contribution in [0.1, 0.15) is 89.6 Å². The molecule has 0 aliphatic carbocycles. The number of aryl methyl sites for hydroxylation is 1. The lowest BCUT2D eigenvalue weighted by Crippen LogP contribution is -2.66. The number of carbonyl (C=O) groups excluding carboxylic acids is 5. The standard InChI is InChI=1S/C49H65N9O7S/c1-9-57-38-14-13-32-22-34(38)35(42(57)33-12-10-18-50-40(33)31(4)64-8)24-47(5,6)28-65-29-49(27-59)15-11-20-58(54-49)44(61)36(23-39-52-37(32)25-66-39)53-43(60)41(30(2)3)55(7)46(63)56-21-17-48(26-56)16-19-51-45(48)62/h10,12-14,18,22,25,27,30-31,36,41,54H,9,11,15-17,19-21,23-24,26,28-29H2,1-8H3,(H,51,62)(H,53,60)/t31-,36-,41-,48-,49-/m0/s1. The summed E-state index contributed by atoms with van der Waals surface area (Å²) in [5.41, 5.74) is 7.84. The quantitative estimate of drug-likeness (QED) is 0.181. The molecule has 7 heterocycles. The number of likely N-dealkylation sites (tertiary alicyclic amines) is 1. The number of aldehydes is 1. The number of hydrazine groups is 1. The molecule has 1 aromatic carbocycles. The topological polar surface area (TPSA) is 180 Å². The maximum atomic E-state index is 14.8. The van der Waals surface area contributed by atoms with E-state index < -0.39 is 40.3 Å². The number of nitrogens with one attached hydrogen (secondary N) is 3. The van der Waals surface area contributed by atoms with Crippen molar-refractivity contribution in [2.24, 2.45) is 16.7 Å². The van der Waals surface area contributed by atoms with Crippen LogP contribution in [0.3, 0.4) is 0 Å². The number of nitrogens with zero attached hydrogens (tertiary/aromatic N) is 6. The first-order valence-electron chi connectivity index (χ1n) is 23.3. The maximum Gasteiger partial charge on any atom is 0.320 e. The molecule has 3 N–H and O–H groups in total. The molecule has 3 saturated heterocycles. The number of urea groups is 1. The number of fused-ring (bicyclic) bond motifs is 6. The molecule has 0 saturated carbocycles. The Morgan fingerprint density at radius 1 is 1.12 bits per heavy atom. The number of amides is 5. The number of benzene rings is 1. The Kier molecular flexibility index (Phi) is 13.5. The molecule has 5 amide bonds. The summed E-state index contributed by atoms with van der Waals surface area (Å²) < 4.78 is 14.7. The van der Waals surface area contributed by atoms with Crippen LogP contribution in [0, 0.1) is 16.7 Å². The van der Waals surface area contributed by atoms with E-state index in [2.05, 4.69) is 65.7 Å². The van der Waals surface area contributed by atoms with Crippen LogP contribution in [0.25, 0.3) is 33.4 Å². The average Bonchev–Trinajstić information content (AvgIpc) is 4.11. The van der Waals surface area contributed by atoms with Crippen LogP contribution < -0.4 is 16.1 Å². The van der Waals surface area contributed by atoms with Crippen LogP contribution in [-0.4, -0.2) is 131 Å². The Morgan fingerprint density at radius 2 is 1.92 bits per heavy atom. The molecule has 16 nitrogen and oxygen atoms in total. The normalized spacial score (nSPS) is 24.3. The van der Waals surface area contributed by atoms with Gasteiger partial charge in [0.05, 0.1) is 46.8 Å². The maximum absolute atomic E-state index is 14.8. The Hall–Kier alpha value is -5.23. The van der Waals surface area contributed by atoms with Gasteiger partial charge in [0.25, 0.3) is 5.91 Å². The molecule has 0 radical (unpaired) electrons. The van der Waals surface area contributed by atoms with Gasteiger partial charge in [-0.05, 0) is 87.1 Å². The van der Waals surface area contributed by atoms with Gasteiger partial charge in [-0.15, -0.1) is 11.3 Å². The molecule has 354 valence electrons. The smallest absolute Gasteiger partial charge is 0.320 e. The number of hydrogen-bond acceptors (Lipinski definition) is 11. The molecule has 4 aliphatic heterocycles. The van der Waals surface area contributed by atoms with E-state index in [4.69, 9.17) is 19.4 Å². The molecule has 66 heavy (non-hydrogen) atoms. The Bertz CT molecular complexity index is 2500. The van der Waals surface area contributed by atoms with Gasteiger partial charge >= 0.3 is 6.03 Å². The predicted molar refractivity (Wildman–Crippen MR) is 252 cm³/mol. The third-order valence-corrected chi connectivity index (χ3v) is 15.0. The number of methoxy groups -OCH3 is 1. The Balaban J connectivity index is 1.16. The molecular weight excluding hydrogens is 859 g/mol. The fraction of sp³-hybridized carbons (Fsp3) is 0.571. The van der Waals surface area contributed by atoms with Crippen molar-refractivity contribution in [1.82, 2.24) is 45.4 Å². The monoisotopic (exact) mass is 923 g/mol. The van der Waals surface area contributed by atoms with Crippen molar-refractivity contribution >= 4 is 52.3 Å². The van der Waals surface area contributed by atoms with Crippen molar-refractivity contribution in [3.63, 3.8) is 0 Å². The first-order valence-corrected chi connectivity index (χ1v) is 24.2. The fourth-order valence-electron chi connectivity index (χ4n) is 10.6. The van der Waals surface area contributed by atoms with Gasteiger partial charge in [-0.3, -0.25) is 24.4 Å². The Labute approximate surface area is 391 Å². The average molecular weight is 924 g/mol. The van der Waals surface area contributed by atoms with E-state index in [1.807, 2.05) is 32.2 Å². The predicted octanol–water partition coefficient (Wildman–Crippen LogP) is 5.53. The lowest BCUT2D eigenvalue weighted by atomic mass is 9.84. The van der Waals surface area contributed by atoms with Crippen molar-refractivity contribution in [3.05, 3.63) is 58.2 Å². The molecule has 4 aromatic rings. The summed E-state index contributed by atoms with van der Waals surface area (Å²) in [7, 11) is 3.30. The first kappa shape index (κ1) is 47.3. The molecule has 8 rings (SSSR count). The highest BCUT2D eigenvalue weighted by Gasteiger charge is 2.50. The van der Waals surface area contributed by atoms with Gasteiger partial charge in [0, 0.05) is 86.9 Å². The largest absolute Gasteiger partial charge is 0.378 e. The number of ether oxygens (including phenoxy) is 2. The molecule has 5 atom stereocenters. The van der Waals surface area contributed by atoms with Crippen molar-refractivity contribution in [2.75, 3.05) is 53.6 Å². The lowest BCUT2D eigenvalue weighted by Gasteiger charge is -2.42. The second-order valence-corrected chi connectivity index (χ2v) is 20.8. The molecule has 3 aromatic heterocycles. The van der Waals surface area contributed by atoms with Crippen molar-refractivity contribution < 1.29 is 33.4 Å². The van der Waals surface area contributed by atoms with Crippen molar-refractivity contribution in [2.45, 2.75) is 110 Å². The minimum absolute atomic E-state index is 0.0313. The number of carbonyl (C=O) groups is 5. The van der Waals surface area contributed by atoms with Crippen LogP contribution in [0.2, 0.25) is 0 Å². The summed E-state index contributed by atoms with van der Waals surface area (Å²) in [5.74, 6) is -1.26. The van der Waals surface area contributed by atoms with Crippen molar-refractivity contribution in [3.8, 4) is 22.5 Å². The third-order valence-electron chi connectivity index (χ3n) is 14.1. The van der Waals surface area contributed by atoms with E-state index in [-0.39, 0.29) is 37.0 Å². The van der Waals surface area contributed by atoms with E-state index in [0.29, 0.717) is 76.4 Å². The van der Waals surface area contributed by atoms with Crippen molar-refractivity contribution in [1.29, 1.82) is 0 Å². The van der Waals surface area contributed by atoms with E-state index in [1.165, 1.54) is 21.2 Å². The summed E-state index contributed by atoms with van der Waals surface area (Å²) in [6, 6.07) is 8.13. The summed E-state index contributed by atoms with van der Waals surface area (Å²) in [6.07, 6.45) is 5.33. The number of thiazole rings is 1. The highest BCUT2D eigenvalue weighted by Crippen LogP contribution is 2.42. The van der Waals surface area contributed by atoms with E-state index >= 15 is 0 Å². The summed E-state index contributed by atoms with van der Waals surface area (Å²) in [5, 5.41) is 11.1. The zero-order valence-electron chi connectivity index (χ0n) is 39.6. The highest BCUT2D eigenvalue weighted by atomic mass is 32.1. The minimum atomic E-state index is -1.19. The van der Waals surface area contributed by atoms with Crippen LogP contribution in [0.4, 0.5) is 4.79 Å². The number of hydrogen-bond donors (Lipinski definition) is 3. The van der Waals surface area contributed by atoms with Gasteiger partial charge in [0.15, 0.2) is 0 Å². The molecule has 1 spiro atoms. The third kappa shape index (κ3) is 8.98. The summed E-state index contributed by atoms with van der Waals surface area (Å²) in [6.45, 7) is 14.9. The van der Waals surface area contributed by atoms with Gasteiger partial charge < -0.3 is 39.3 Å². The first-order chi connectivity index (χ1) is 31.5. The van der Waals surface area contributed by atoms with Gasteiger partial charge in [-0.1, -0.05) is 33.8 Å². The molecule has 0 unspecified atom stereocenters. The van der Waals surface area contributed by atoms with Gasteiger partial charge in [-0.25, -0.2) is 15.2 Å². The number of rotatable bonds is 9. The number of likely N-dealkylation sites (N-methyl/N-ethyl adjacent to an activating group) is 1. The SMILES string of the molecule is CCn1c(-c2cccnc2[C@H](C)OC)c2c3cc(ccc31)-c1csc(n1)C[C@H](NC(=O)[C@H](C(C)C)N(C)C(=O)N1CC[C@@]3(CCNC3=O)C1)C(=O)N1CCC[C@](C=O)(COCC(C)(C)C2)N1. The van der Waals surface area contributed by atoms with E-state index in [1.54, 1.807) is 25.3 Å². The van der Waals surface area contributed by atoms with Gasteiger partial charge in [0.2, 0.25) is 11.8 Å². The zero-order chi connectivity index (χ0) is 47.1. The highest BCUT2D eigenvalue weighted by molar-refractivity contribution is 7.10. The van der Waals surface area contributed by atoms with Crippen LogP contribution >= 0.6 is 11.3 Å². The van der Waals surface area contributed by atoms with E-state index in [9.17, 15) is 24.0 Å². The lowest BCUT2D eigenvalue weighted by molar-refractivity contribution is -0.147. The second kappa shape index (κ2) is 18.8. The summed E-state index contributed by atoms with van der Waals surface area (Å²) >= 11 is 1.41. The molecule has 4 aliphatic rings. The van der Waals surface area contributed by atoms with E-state index in [0.717, 1.165) is 51.0 Å². The van der Waals surface area contributed by atoms with Gasteiger partial charge in [0.1, 0.15) is 23.9 Å². The zero-order valence-corrected chi connectivity index (χ0v) is 40.4.